The molecule has 0 N–H and O–H groups in total. The molecule has 98 valence electrons. The molecule has 0 bridgehead atoms. The Balaban J connectivity index is 2.00. The van der Waals surface area contributed by atoms with Crippen LogP contribution >= 0.6 is 0 Å². The van der Waals surface area contributed by atoms with E-state index in [0.29, 0.717) is 0 Å². The topological polar surface area (TPSA) is 9.23 Å². The lowest BCUT2D eigenvalue weighted by Gasteiger charge is -2.15. The van der Waals surface area contributed by atoms with Gasteiger partial charge in [-0.1, -0.05) is 67.3 Å². The van der Waals surface area contributed by atoms with Gasteiger partial charge in [0.15, 0.2) is 0 Å². The van der Waals surface area contributed by atoms with Crippen molar-refractivity contribution in [1.82, 2.24) is 0 Å². The van der Waals surface area contributed by atoms with Gasteiger partial charge in [-0.05, 0) is 29.5 Å². The van der Waals surface area contributed by atoms with Crippen molar-refractivity contribution >= 4 is 6.08 Å². The fraction of sp³-hybridized carbons (Fsp3) is 0.222. The molecule has 0 spiro atoms. The molecule has 0 heterocycles. The first-order chi connectivity index (χ1) is 9.31. The van der Waals surface area contributed by atoms with E-state index in [1.165, 1.54) is 11.1 Å². The van der Waals surface area contributed by atoms with Crippen LogP contribution in [-0.4, -0.2) is 13.2 Å². The van der Waals surface area contributed by atoms with Crippen LogP contribution in [0.5, 0.6) is 0 Å². The van der Waals surface area contributed by atoms with Gasteiger partial charge in [0, 0.05) is 7.11 Å². The van der Waals surface area contributed by atoms with Crippen molar-refractivity contribution in [1.29, 1.82) is 0 Å². The summed E-state index contributed by atoms with van der Waals surface area (Å²) in [7, 11) is 1.78. The Morgan fingerprint density at radius 1 is 0.947 bits per heavy atom. The highest BCUT2D eigenvalue weighted by molar-refractivity contribution is 5.47. The Labute approximate surface area is 115 Å². The molecule has 0 saturated heterocycles. The second kappa shape index (κ2) is 6.91. The second-order valence-electron chi connectivity index (χ2n) is 4.70. The monoisotopic (exact) mass is 252 g/mol. The normalized spacial score (nSPS) is 12.1. The zero-order valence-corrected chi connectivity index (χ0v) is 11.4. The Morgan fingerprint density at radius 3 is 2.05 bits per heavy atom. The molecule has 1 unspecified atom stereocenters. The van der Waals surface area contributed by atoms with E-state index in [2.05, 4.69) is 55.1 Å². The third-order valence-electron chi connectivity index (χ3n) is 3.32. The summed E-state index contributed by atoms with van der Waals surface area (Å²) in [5.41, 5.74) is 3.77. The number of rotatable bonds is 6. The molecule has 1 atom stereocenters. The predicted octanol–water partition coefficient (Wildman–Crippen LogP) is 4.13. The molecular weight excluding hydrogens is 232 g/mol. The number of benzene rings is 2. The van der Waals surface area contributed by atoms with Gasteiger partial charge in [-0.2, -0.15) is 0 Å². The van der Waals surface area contributed by atoms with Gasteiger partial charge in [-0.15, -0.1) is 0 Å². The van der Waals surface area contributed by atoms with E-state index >= 15 is 0 Å². The molecule has 1 heteroatoms. The molecule has 19 heavy (non-hydrogen) atoms. The highest BCUT2D eigenvalue weighted by Gasteiger charge is 2.09. The Hall–Kier alpha value is -1.86. The van der Waals surface area contributed by atoms with Gasteiger partial charge in [0.25, 0.3) is 0 Å². The zero-order chi connectivity index (χ0) is 13.5. The van der Waals surface area contributed by atoms with Gasteiger partial charge in [-0.25, -0.2) is 0 Å². The van der Waals surface area contributed by atoms with Gasteiger partial charge >= 0.3 is 0 Å². The van der Waals surface area contributed by atoms with E-state index in [1.807, 2.05) is 12.1 Å². The van der Waals surface area contributed by atoms with Gasteiger partial charge in [0.1, 0.15) is 0 Å². The summed E-state index contributed by atoms with van der Waals surface area (Å²) in [6.07, 6.45) is 3.96. The van der Waals surface area contributed by atoms with Crippen molar-refractivity contribution in [3.05, 3.63) is 77.9 Å². The summed E-state index contributed by atoms with van der Waals surface area (Å²) in [5, 5.41) is 0. The molecule has 0 aromatic heterocycles. The van der Waals surface area contributed by atoms with Crippen LogP contribution in [0.3, 0.4) is 0 Å². The average Bonchev–Trinajstić information content (AvgIpc) is 2.48. The van der Waals surface area contributed by atoms with Crippen molar-refractivity contribution in [2.75, 3.05) is 7.11 Å². The first-order valence-electron chi connectivity index (χ1n) is 6.60. The molecule has 0 radical (unpaired) electrons. The van der Waals surface area contributed by atoms with Crippen molar-refractivity contribution in [2.24, 2.45) is 0 Å². The molecule has 0 aliphatic heterocycles. The van der Waals surface area contributed by atoms with E-state index in [4.69, 9.17) is 4.74 Å². The van der Waals surface area contributed by atoms with E-state index in [1.54, 1.807) is 7.11 Å². The summed E-state index contributed by atoms with van der Waals surface area (Å²) in [5.74, 6) is 0. The number of hydrogen-bond acceptors (Lipinski definition) is 1. The Kier molecular flexibility index (Phi) is 4.93. The maximum absolute atomic E-state index is 5.59. The molecule has 0 saturated carbocycles. The lowest BCUT2D eigenvalue weighted by atomic mass is 10.0. The standard InChI is InChI=1S/C18H20O/c1-3-15-9-11-17(12-10-15)14-18(19-2)13-16-7-5-4-6-8-16/h3-12,18H,1,13-14H2,2H3. The van der Waals surface area contributed by atoms with E-state index in [0.717, 1.165) is 18.4 Å². The SMILES string of the molecule is C=Cc1ccc(CC(Cc2ccccc2)OC)cc1. The third kappa shape index (κ3) is 4.08. The Bertz CT molecular complexity index is 499. The summed E-state index contributed by atoms with van der Waals surface area (Å²) < 4.78 is 5.59. The lowest BCUT2D eigenvalue weighted by Crippen LogP contribution is -2.17. The number of hydrogen-bond donors (Lipinski definition) is 0. The maximum Gasteiger partial charge on any atom is 0.0651 e. The molecule has 1 nitrogen and oxygen atoms in total. The van der Waals surface area contributed by atoms with Gasteiger partial charge in [0.2, 0.25) is 0 Å². The third-order valence-corrected chi connectivity index (χ3v) is 3.32. The smallest absolute Gasteiger partial charge is 0.0651 e. The van der Waals surface area contributed by atoms with Gasteiger partial charge in [0.05, 0.1) is 6.10 Å². The van der Waals surface area contributed by atoms with Crippen LogP contribution < -0.4 is 0 Å². The first-order valence-corrected chi connectivity index (χ1v) is 6.60. The van der Waals surface area contributed by atoms with E-state index < -0.39 is 0 Å². The summed E-state index contributed by atoms with van der Waals surface area (Å²) in [6.45, 7) is 3.77. The number of ether oxygens (including phenoxy) is 1. The van der Waals surface area contributed by atoms with Crippen LogP contribution in [0, 0.1) is 0 Å². The predicted molar refractivity (Wildman–Crippen MR) is 81.2 cm³/mol. The van der Waals surface area contributed by atoms with Crippen molar-refractivity contribution in [2.45, 2.75) is 18.9 Å². The summed E-state index contributed by atoms with van der Waals surface area (Å²) in [4.78, 5) is 0. The molecule has 2 aromatic carbocycles. The second-order valence-corrected chi connectivity index (χ2v) is 4.70. The molecule has 0 amide bonds. The minimum absolute atomic E-state index is 0.219. The molecule has 0 fully saturated rings. The summed E-state index contributed by atoms with van der Waals surface area (Å²) in [6, 6.07) is 19.0. The average molecular weight is 252 g/mol. The van der Waals surface area contributed by atoms with E-state index in [-0.39, 0.29) is 6.10 Å². The molecule has 2 aromatic rings. The molecule has 0 aliphatic carbocycles. The van der Waals surface area contributed by atoms with E-state index in [9.17, 15) is 0 Å². The van der Waals surface area contributed by atoms with Crippen molar-refractivity contribution < 1.29 is 4.74 Å². The highest BCUT2D eigenvalue weighted by atomic mass is 16.5. The molecule has 2 rings (SSSR count). The van der Waals surface area contributed by atoms with Gasteiger partial charge < -0.3 is 4.74 Å². The minimum atomic E-state index is 0.219. The van der Waals surface area contributed by atoms with Crippen molar-refractivity contribution in [3.8, 4) is 0 Å². The van der Waals surface area contributed by atoms with Crippen LogP contribution in [0.4, 0.5) is 0 Å². The minimum Gasteiger partial charge on any atom is -0.381 e. The fourth-order valence-electron chi connectivity index (χ4n) is 2.17. The maximum atomic E-state index is 5.59. The first kappa shape index (κ1) is 13.6. The van der Waals surface area contributed by atoms with Crippen LogP contribution in [0.15, 0.2) is 61.2 Å². The largest absolute Gasteiger partial charge is 0.381 e. The molecular formula is C18H20O. The highest BCUT2D eigenvalue weighted by Crippen LogP contribution is 2.13. The van der Waals surface area contributed by atoms with Crippen LogP contribution in [0.1, 0.15) is 16.7 Å². The number of methoxy groups -OCH3 is 1. The zero-order valence-electron chi connectivity index (χ0n) is 11.4. The van der Waals surface area contributed by atoms with Crippen LogP contribution in [0.25, 0.3) is 6.08 Å². The van der Waals surface area contributed by atoms with Crippen LogP contribution in [-0.2, 0) is 17.6 Å². The quantitative estimate of drug-likeness (QED) is 0.751. The van der Waals surface area contributed by atoms with Crippen LogP contribution in [0.2, 0.25) is 0 Å². The van der Waals surface area contributed by atoms with Crippen molar-refractivity contribution in [3.63, 3.8) is 0 Å². The summed E-state index contributed by atoms with van der Waals surface area (Å²) >= 11 is 0. The fourth-order valence-corrected chi connectivity index (χ4v) is 2.17. The lowest BCUT2D eigenvalue weighted by molar-refractivity contribution is 0.103. The van der Waals surface area contributed by atoms with Gasteiger partial charge in [-0.3, -0.25) is 0 Å². The Morgan fingerprint density at radius 2 is 1.53 bits per heavy atom. The molecule has 0 aliphatic rings.